The Labute approximate surface area is 206 Å². The number of hydrogen-bond donors (Lipinski definition) is 2. The van der Waals surface area contributed by atoms with E-state index in [1.165, 1.54) is 0 Å². The summed E-state index contributed by atoms with van der Waals surface area (Å²) in [4.78, 5) is 39.9. The number of H-pyrrole nitrogens is 1. The number of nitrogens with one attached hydrogen (secondary N) is 1. The number of amides is 2. The van der Waals surface area contributed by atoms with Crippen LogP contribution in [0.2, 0.25) is 0 Å². The number of fused-ring (bicyclic) bond motifs is 3. The number of carbonyl (C=O) groups is 2. The van der Waals surface area contributed by atoms with Gasteiger partial charge in [-0.05, 0) is 48.9 Å². The number of aromatic amines is 1. The van der Waals surface area contributed by atoms with Crippen LogP contribution in [0.1, 0.15) is 32.6 Å². The van der Waals surface area contributed by atoms with Crippen LogP contribution in [-0.4, -0.2) is 49.3 Å². The van der Waals surface area contributed by atoms with Crippen LogP contribution in [0.25, 0.3) is 33.5 Å². The van der Waals surface area contributed by atoms with Crippen molar-refractivity contribution in [1.29, 1.82) is 0 Å². The Kier molecular flexibility index (Phi) is 4.36. The number of pyridine rings is 1. The van der Waals surface area contributed by atoms with E-state index in [0.29, 0.717) is 47.8 Å². The molecular weight excluding hydrogens is 452 g/mol. The number of nitrogens with two attached hydrogens (primary N) is 1. The third kappa shape index (κ3) is 3.14. The number of aryl methyl sites for hydroxylation is 1. The first-order chi connectivity index (χ1) is 17.5. The van der Waals surface area contributed by atoms with E-state index in [4.69, 9.17) is 5.73 Å². The zero-order valence-electron chi connectivity index (χ0n) is 19.7. The summed E-state index contributed by atoms with van der Waals surface area (Å²) in [5.74, 6) is 0.725. The third-order valence-corrected chi connectivity index (χ3v) is 7.58. The highest BCUT2D eigenvalue weighted by Gasteiger charge is 2.58. The number of aromatic nitrogens is 4. The fourth-order valence-corrected chi connectivity index (χ4v) is 5.81. The Balaban J connectivity index is 1.13. The Morgan fingerprint density at radius 2 is 1.78 bits per heavy atom. The Morgan fingerprint density at radius 3 is 2.56 bits per heavy atom. The molecule has 4 heterocycles. The van der Waals surface area contributed by atoms with Crippen molar-refractivity contribution in [2.24, 2.45) is 17.6 Å². The zero-order valence-corrected chi connectivity index (χ0v) is 19.7. The molecular formula is C28H24N6O2. The van der Waals surface area contributed by atoms with Gasteiger partial charge in [-0.25, -0.2) is 9.97 Å². The molecule has 0 spiro atoms. The summed E-state index contributed by atoms with van der Waals surface area (Å²) in [5.41, 5.74) is 11.3. The second kappa shape index (κ2) is 7.52. The van der Waals surface area contributed by atoms with Gasteiger partial charge in [-0.2, -0.15) is 0 Å². The van der Waals surface area contributed by atoms with Crippen LogP contribution >= 0.6 is 0 Å². The van der Waals surface area contributed by atoms with E-state index < -0.39 is 5.91 Å². The number of hydrogen-bond acceptors (Lipinski definition) is 4. The Morgan fingerprint density at radius 1 is 0.972 bits per heavy atom. The van der Waals surface area contributed by atoms with Crippen LogP contribution in [0.3, 0.4) is 0 Å². The van der Waals surface area contributed by atoms with Crippen molar-refractivity contribution in [3.63, 3.8) is 0 Å². The van der Waals surface area contributed by atoms with Gasteiger partial charge in [-0.1, -0.05) is 30.3 Å². The van der Waals surface area contributed by atoms with Gasteiger partial charge in [0.25, 0.3) is 11.8 Å². The molecule has 1 aliphatic carbocycles. The number of likely N-dealkylation sites (tertiary alicyclic amines) is 1. The van der Waals surface area contributed by atoms with Crippen molar-refractivity contribution in [3.8, 4) is 11.5 Å². The molecule has 5 aromatic rings. The van der Waals surface area contributed by atoms with E-state index in [0.717, 1.165) is 27.5 Å². The molecule has 8 nitrogen and oxygen atoms in total. The number of primary amides is 1. The quantitative estimate of drug-likeness (QED) is 0.409. The summed E-state index contributed by atoms with van der Waals surface area (Å²) in [6.45, 7) is 3.31. The SMILES string of the molecule is Cc1ccc2cc(C(N)=O)n(C3C4CN(C(=O)c5cccc(-c6nc7ccccc7[nH]6)n5)CC43)c2c1. The molecule has 2 aromatic carbocycles. The van der Waals surface area contributed by atoms with Crippen molar-refractivity contribution >= 4 is 33.8 Å². The van der Waals surface area contributed by atoms with Gasteiger partial charge in [0.05, 0.1) is 11.0 Å². The predicted molar refractivity (Wildman–Crippen MR) is 136 cm³/mol. The molecule has 36 heavy (non-hydrogen) atoms. The molecule has 2 amide bonds. The highest BCUT2D eigenvalue weighted by Crippen LogP contribution is 2.57. The van der Waals surface area contributed by atoms with Crippen LogP contribution < -0.4 is 5.73 Å². The summed E-state index contributed by atoms with van der Waals surface area (Å²) in [6.07, 6.45) is 0. The van der Waals surface area contributed by atoms with E-state index >= 15 is 0 Å². The molecule has 3 N–H and O–H groups in total. The molecule has 8 heteroatoms. The maximum atomic E-state index is 13.3. The van der Waals surface area contributed by atoms with E-state index in [9.17, 15) is 9.59 Å². The van der Waals surface area contributed by atoms with E-state index in [2.05, 4.69) is 25.6 Å². The number of imidazole rings is 1. The number of nitrogens with zero attached hydrogens (tertiary/aromatic N) is 4. The molecule has 2 aliphatic rings. The van der Waals surface area contributed by atoms with Gasteiger partial charge in [0, 0.05) is 41.9 Å². The maximum Gasteiger partial charge on any atom is 0.272 e. The fourth-order valence-electron chi connectivity index (χ4n) is 5.81. The second-order valence-corrected chi connectivity index (χ2v) is 9.87. The Hall–Kier alpha value is -4.46. The van der Waals surface area contributed by atoms with Gasteiger partial charge in [-0.15, -0.1) is 0 Å². The van der Waals surface area contributed by atoms with Gasteiger partial charge in [-0.3, -0.25) is 9.59 Å². The topological polar surface area (TPSA) is 110 Å². The molecule has 1 saturated carbocycles. The van der Waals surface area contributed by atoms with Crippen LogP contribution in [0.5, 0.6) is 0 Å². The van der Waals surface area contributed by atoms with Crippen LogP contribution in [-0.2, 0) is 0 Å². The van der Waals surface area contributed by atoms with Crippen molar-refractivity contribution in [2.45, 2.75) is 13.0 Å². The minimum Gasteiger partial charge on any atom is -0.364 e. The van der Waals surface area contributed by atoms with E-state index in [-0.39, 0.29) is 11.9 Å². The molecule has 1 aliphatic heterocycles. The van der Waals surface area contributed by atoms with Crippen molar-refractivity contribution in [1.82, 2.24) is 24.4 Å². The monoisotopic (exact) mass is 476 g/mol. The molecule has 7 rings (SSSR count). The molecule has 2 unspecified atom stereocenters. The predicted octanol–water partition coefficient (Wildman–Crippen LogP) is 3.93. The molecule has 3 aromatic heterocycles. The van der Waals surface area contributed by atoms with Crippen molar-refractivity contribution in [2.75, 3.05) is 13.1 Å². The summed E-state index contributed by atoms with van der Waals surface area (Å²) < 4.78 is 2.10. The van der Waals surface area contributed by atoms with Gasteiger partial charge in [0.15, 0.2) is 5.82 Å². The van der Waals surface area contributed by atoms with Crippen LogP contribution in [0.4, 0.5) is 0 Å². The number of piperidine rings is 1. The summed E-state index contributed by atoms with van der Waals surface area (Å²) >= 11 is 0. The van der Waals surface area contributed by atoms with Gasteiger partial charge >= 0.3 is 0 Å². The summed E-state index contributed by atoms with van der Waals surface area (Å²) in [7, 11) is 0. The minimum absolute atomic E-state index is 0.0813. The largest absolute Gasteiger partial charge is 0.364 e. The first-order valence-electron chi connectivity index (χ1n) is 12.1. The second-order valence-electron chi connectivity index (χ2n) is 9.87. The lowest BCUT2D eigenvalue weighted by Crippen LogP contribution is -2.33. The molecule has 178 valence electrons. The lowest BCUT2D eigenvalue weighted by Gasteiger charge is -2.21. The average molecular weight is 477 g/mol. The van der Waals surface area contributed by atoms with E-state index in [1.54, 1.807) is 6.07 Å². The molecule has 0 radical (unpaired) electrons. The molecule has 1 saturated heterocycles. The van der Waals surface area contributed by atoms with Gasteiger partial charge < -0.3 is 20.2 Å². The summed E-state index contributed by atoms with van der Waals surface area (Å²) in [5, 5.41) is 1.01. The summed E-state index contributed by atoms with van der Waals surface area (Å²) in [6, 6.07) is 21.5. The number of benzene rings is 2. The highest BCUT2D eigenvalue weighted by atomic mass is 16.2. The smallest absolute Gasteiger partial charge is 0.272 e. The Bertz CT molecular complexity index is 1650. The standard InChI is InChI=1S/C28H24N6O2/c1-15-9-10-16-12-24(26(29)35)34(23(16)11-15)25-17-13-33(14-18(17)25)28(36)22-8-4-7-21(30-22)27-31-19-5-2-3-6-20(19)32-27/h2-12,17-18,25H,13-14H2,1H3,(H2,29,35)(H,31,32). The fraction of sp³-hybridized carbons (Fsp3) is 0.214. The molecule has 0 bridgehead atoms. The minimum atomic E-state index is -0.423. The average Bonchev–Trinajstić information content (AvgIpc) is 3.29. The van der Waals surface area contributed by atoms with Crippen molar-refractivity contribution < 1.29 is 9.59 Å². The first kappa shape index (κ1) is 20.9. The number of carbonyl (C=O) groups excluding carboxylic acids is 2. The van der Waals surface area contributed by atoms with Crippen molar-refractivity contribution in [3.05, 3.63) is 83.7 Å². The zero-order chi connectivity index (χ0) is 24.6. The highest BCUT2D eigenvalue weighted by molar-refractivity contribution is 5.98. The first-order valence-corrected chi connectivity index (χ1v) is 12.1. The maximum absolute atomic E-state index is 13.3. The van der Waals surface area contributed by atoms with Gasteiger partial charge in [0.1, 0.15) is 17.1 Å². The molecule has 2 atom stereocenters. The number of rotatable bonds is 4. The molecule has 2 fully saturated rings. The van der Waals surface area contributed by atoms with Gasteiger partial charge in [0.2, 0.25) is 0 Å². The number of para-hydroxylation sites is 2. The van der Waals surface area contributed by atoms with E-state index in [1.807, 2.05) is 66.4 Å². The normalized spacial score (nSPS) is 20.7. The third-order valence-electron chi connectivity index (χ3n) is 7.58. The van der Waals surface area contributed by atoms with Crippen LogP contribution in [0.15, 0.2) is 66.7 Å². The lowest BCUT2D eigenvalue weighted by atomic mass is 10.2. The lowest BCUT2D eigenvalue weighted by molar-refractivity contribution is 0.0762. The van der Waals surface area contributed by atoms with Crippen LogP contribution in [0, 0.1) is 18.8 Å².